The van der Waals surface area contributed by atoms with Crippen molar-refractivity contribution in [2.24, 2.45) is 11.8 Å². The Morgan fingerprint density at radius 3 is 2.33 bits per heavy atom. The number of nitrogens with zero attached hydrogens (tertiary/aromatic N) is 4. The van der Waals surface area contributed by atoms with Gasteiger partial charge in [-0.25, -0.2) is 0 Å². The molecule has 0 aromatic heterocycles. The van der Waals surface area contributed by atoms with E-state index in [1.165, 1.54) is 4.90 Å². The maximum Gasteiger partial charge on any atom is 0.313 e. The number of halogens is 1. The van der Waals surface area contributed by atoms with Crippen LogP contribution in [0.15, 0.2) is 83.4 Å². The number of amides is 3. The fourth-order valence-corrected chi connectivity index (χ4v) is 9.45. The summed E-state index contributed by atoms with van der Waals surface area (Å²) in [4.78, 5) is 65.5. The Balaban J connectivity index is 1.32. The predicted molar refractivity (Wildman–Crippen MR) is 203 cm³/mol. The molecular formula is C41H49BrN4O8. The summed E-state index contributed by atoms with van der Waals surface area (Å²) < 4.78 is 19.3. The van der Waals surface area contributed by atoms with Crippen molar-refractivity contribution in [2.45, 2.75) is 62.1 Å². The first-order chi connectivity index (χ1) is 26.1. The Morgan fingerprint density at radius 2 is 1.63 bits per heavy atom. The molecule has 0 saturated carbocycles. The second-order valence-electron chi connectivity index (χ2n) is 14.9. The standard InChI is InChI=1S/C41H49BrN4O8/c1-27-35(29-14-8-4-9-15-29)53-40(51)33-34-38(49)46(30(26-47)24-28-12-6-3-7-13-28)37(41(34)25-31(42)36(33)54-41)39(50)45(19-18-44-20-22-52-23-21-44)17-11-5-10-16-32(48)43(27)2/h3-9,11-15,25,27,30,33-37,47H,10,16-24,26H2,1-2H3/b11-5-/t27-,30-,33+,34-,35+,36+,37+,41-/m1/s1. The molecule has 5 aliphatic heterocycles. The monoisotopic (exact) mass is 804 g/mol. The maximum absolute atomic E-state index is 15.3. The van der Waals surface area contributed by atoms with Crippen molar-refractivity contribution in [1.29, 1.82) is 0 Å². The molecule has 8 atom stereocenters. The molecule has 1 N–H and O–H groups in total. The van der Waals surface area contributed by atoms with E-state index in [4.69, 9.17) is 14.2 Å². The van der Waals surface area contributed by atoms with E-state index in [0.29, 0.717) is 49.2 Å². The van der Waals surface area contributed by atoms with Crippen molar-refractivity contribution in [3.63, 3.8) is 0 Å². The zero-order valence-corrected chi connectivity index (χ0v) is 32.4. The largest absolute Gasteiger partial charge is 0.455 e. The minimum atomic E-state index is -1.50. The summed E-state index contributed by atoms with van der Waals surface area (Å²) in [5, 5.41) is 11.0. The topological polar surface area (TPSA) is 129 Å². The molecule has 54 heavy (non-hydrogen) atoms. The molecule has 12 nitrogen and oxygen atoms in total. The lowest BCUT2D eigenvalue weighted by molar-refractivity contribution is -0.164. The lowest BCUT2D eigenvalue weighted by Gasteiger charge is -2.39. The molecule has 5 bridgehead atoms. The average Bonchev–Trinajstić information content (AvgIpc) is 3.79. The Labute approximate surface area is 324 Å². The highest BCUT2D eigenvalue weighted by Gasteiger charge is 2.75. The van der Waals surface area contributed by atoms with E-state index < -0.39 is 66.3 Å². The number of morpholine rings is 1. The van der Waals surface area contributed by atoms with E-state index in [2.05, 4.69) is 20.8 Å². The van der Waals surface area contributed by atoms with Crippen LogP contribution in [0.4, 0.5) is 0 Å². The molecular weight excluding hydrogens is 756 g/mol. The van der Waals surface area contributed by atoms with E-state index in [9.17, 15) is 14.7 Å². The third-order valence-electron chi connectivity index (χ3n) is 11.7. The summed E-state index contributed by atoms with van der Waals surface area (Å²) in [5.41, 5.74) is 0.0970. The zero-order valence-electron chi connectivity index (χ0n) is 30.8. The number of carbonyl (C=O) groups is 4. The van der Waals surface area contributed by atoms with E-state index in [1.807, 2.05) is 79.7 Å². The second kappa shape index (κ2) is 16.5. The Bertz CT molecular complexity index is 1750. The molecule has 3 amide bonds. The highest BCUT2D eigenvalue weighted by Crippen LogP contribution is 2.59. The molecule has 2 aromatic carbocycles. The van der Waals surface area contributed by atoms with Gasteiger partial charge in [-0.15, -0.1) is 0 Å². The minimum absolute atomic E-state index is 0.111. The normalized spacial score (nSPS) is 32.1. The predicted octanol–water partition coefficient (Wildman–Crippen LogP) is 3.11. The number of ether oxygens (including phenoxy) is 3. The molecule has 288 valence electrons. The minimum Gasteiger partial charge on any atom is -0.455 e. The van der Waals surface area contributed by atoms with Crippen LogP contribution in [0.25, 0.3) is 0 Å². The third kappa shape index (κ3) is 7.28. The number of esters is 1. The first-order valence-corrected chi connectivity index (χ1v) is 19.7. The summed E-state index contributed by atoms with van der Waals surface area (Å²) in [6.45, 7) is 5.34. The van der Waals surface area contributed by atoms with Crippen LogP contribution in [0.5, 0.6) is 0 Å². The molecule has 5 heterocycles. The molecule has 3 fully saturated rings. The molecule has 3 saturated heterocycles. The summed E-state index contributed by atoms with van der Waals surface area (Å²) in [6, 6.07) is 16.3. The van der Waals surface area contributed by atoms with Crippen molar-refractivity contribution in [3.8, 4) is 0 Å². The lowest BCUT2D eigenvalue weighted by Crippen LogP contribution is -2.59. The Hall–Kier alpha value is -3.88. The molecule has 0 unspecified atom stereocenters. The van der Waals surface area contributed by atoms with Gasteiger partial charge in [-0.05, 0) is 37.0 Å². The van der Waals surface area contributed by atoms with Gasteiger partial charge in [-0.1, -0.05) is 88.7 Å². The number of benzene rings is 2. The van der Waals surface area contributed by atoms with Gasteiger partial charge in [-0.2, -0.15) is 0 Å². The molecule has 1 spiro atoms. The van der Waals surface area contributed by atoms with Gasteiger partial charge in [0.1, 0.15) is 29.8 Å². The number of allylic oxidation sites excluding steroid dienone is 1. The van der Waals surface area contributed by atoms with Crippen molar-refractivity contribution < 1.29 is 38.5 Å². The van der Waals surface area contributed by atoms with Crippen molar-refractivity contribution >= 4 is 39.6 Å². The van der Waals surface area contributed by atoms with Crippen molar-refractivity contribution in [1.82, 2.24) is 19.6 Å². The van der Waals surface area contributed by atoms with E-state index >= 15 is 9.59 Å². The lowest BCUT2D eigenvalue weighted by atomic mass is 9.74. The van der Waals surface area contributed by atoms with Crippen LogP contribution in [-0.2, 0) is 39.8 Å². The molecule has 2 aromatic rings. The zero-order chi connectivity index (χ0) is 38.0. The van der Waals surface area contributed by atoms with Gasteiger partial charge in [-0.3, -0.25) is 24.1 Å². The quantitative estimate of drug-likeness (QED) is 0.317. The number of likely N-dealkylation sites (tertiary alicyclic amines) is 1. The van der Waals surface area contributed by atoms with Crippen molar-refractivity contribution in [2.75, 3.05) is 59.6 Å². The molecule has 13 heteroatoms. The summed E-state index contributed by atoms with van der Waals surface area (Å²) in [7, 11) is 1.71. The second-order valence-corrected chi connectivity index (χ2v) is 15.8. The van der Waals surface area contributed by atoms with Crippen LogP contribution in [0, 0.1) is 11.8 Å². The first-order valence-electron chi connectivity index (χ1n) is 18.9. The number of aliphatic hydroxyl groups is 1. The van der Waals surface area contributed by atoms with Crippen LogP contribution >= 0.6 is 15.9 Å². The molecule has 5 aliphatic rings. The number of rotatable bonds is 8. The average molecular weight is 806 g/mol. The van der Waals surface area contributed by atoms with Gasteiger partial charge in [0.15, 0.2) is 0 Å². The number of likely N-dealkylation sites (N-methyl/N-ethyl adjacent to an activating group) is 1. The summed E-state index contributed by atoms with van der Waals surface area (Å²) in [6.07, 6.45) is 4.86. The highest BCUT2D eigenvalue weighted by molar-refractivity contribution is 9.11. The van der Waals surface area contributed by atoms with Crippen LogP contribution in [0.1, 0.15) is 37.0 Å². The third-order valence-corrected chi connectivity index (χ3v) is 12.4. The van der Waals surface area contributed by atoms with Gasteiger partial charge >= 0.3 is 5.97 Å². The molecule has 0 aliphatic carbocycles. The summed E-state index contributed by atoms with van der Waals surface area (Å²) >= 11 is 3.65. The summed E-state index contributed by atoms with van der Waals surface area (Å²) in [5.74, 6) is -3.72. The number of fused-ring (bicyclic) bond motifs is 2. The first kappa shape index (κ1) is 38.4. The van der Waals surface area contributed by atoms with E-state index in [1.54, 1.807) is 22.9 Å². The van der Waals surface area contributed by atoms with Crippen LogP contribution < -0.4 is 0 Å². The Kier molecular flexibility index (Phi) is 11.7. The smallest absolute Gasteiger partial charge is 0.313 e. The number of hydrogen-bond donors (Lipinski definition) is 1. The maximum atomic E-state index is 15.3. The van der Waals surface area contributed by atoms with Gasteiger partial charge in [0, 0.05) is 50.7 Å². The van der Waals surface area contributed by atoms with Gasteiger partial charge in [0.05, 0.1) is 37.8 Å². The van der Waals surface area contributed by atoms with Crippen LogP contribution in [0.3, 0.4) is 0 Å². The van der Waals surface area contributed by atoms with E-state index in [-0.39, 0.29) is 24.8 Å². The van der Waals surface area contributed by atoms with Crippen molar-refractivity contribution in [3.05, 3.63) is 94.5 Å². The van der Waals surface area contributed by atoms with Crippen LogP contribution in [-0.4, -0.2) is 138 Å². The number of cyclic esters (lactones) is 1. The fraction of sp³-hybridized carbons (Fsp3) is 0.512. The number of carbonyl (C=O) groups excluding carboxylic acids is 4. The number of aliphatic hydroxyl groups excluding tert-OH is 1. The van der Waals surface area contributed by atoms with E-state index in [0.717, 1.165) is 18.7 Å². The molecule has 0 radical (unpaired) electrons. The SMILES string of the molecule is C[C@@H]1[C@@H](c2ccccc2)OC(=O)[C@@H]2[C@H]3O[C@@]4(C=C3Br)[C@H](C(=O)N(CCN3CCOCC3)C/C=C\CCC(=O)N1C)N([C@@H](CO)Cc1ccccc1)C(=O)[C@@H]24. The van der Waals surface area contributed by atoms with Crippen LogP contribution in [0.2, 0.25) is 0 Å². The highest BCUT2D eigenvalue weighted by atomic mass is 79.9. The van der Waals surface area contributed by atoms with Gasteiger partial charge in [0.2, 0.25) is 17.7 Å². The molecule has 7 rings (SSSR count). The number of hydrogen-bond acceptors (Lipinski definition) is 9. The van der Waals surface area contributed by atoms with Gasteiger partial charge < -0.3 is 34.0 Å². The Morgan fingerprint density at radius 1 is 0.926 bits per heavy atom. The van der Waals surface area contributed by atoms with Gasteiger partial charge in [0.25, 0.3) is 0 Å². The fourth-order valence-electron chi connectivity index (χ4n) is 8.71.